The number of benzene rings is 1. The highest BCUT2D eigenvalue weighted by Gasteiger charge is 2.22. The summed E-state index contributed by atoms with van der Waals surface area (Å²) in [6, 6.07) is 5.46. The zero-order valence-corrected chi connectivity index (χ0v) is 16.0. The molecule has 1 aliphatic heterocycles. The summed E-state index contributed by atoms with van der Waals surface area (Å²) in [7, 11) is 1.57. The second-order valence-electron chi connectivity index (χ2n) is 6.14. The maximum atomic E-state index is 13.1. The molecule has 2 heterocycles. The molecule has 150 valence electrons. The number of aromatic nitrogens is 2. The maximum absolute atomic E-state index is 13.1. The molecule has 28 heavy (non-hydrogen) atoms. The van der Waals surface area contributed by atoms with Crippen LogP contribution < -0.4 is 10.6 Å². The molecule has 9 nitrogen and oxygen atoms in total. The van der Waals surface area contributed by atoms with Gasteiger partial charge in [0.2, 0.25) is 11.4 Å². The standard InChI is InChI=1S/C17H20FN5O4S/c1-23(17(25)27-14-6-3-7-26-14)10-13-20-16(28-22-13)21-15(24)19-9-11-4-2-5-12(18)8-11/h2,4-5,8,14H,3,6-7,9-10H2,1H3,(H2,19,20,21,22,24)/t14-/m1/s1. The summed E-state index contributed by atoms with van der Waals surface area (Å²) in [5.74, 6) is 0.00725. The van der Waals surface area contributed by atoms with Gasteiger partial charge in [0.15, 0.2) is 5.82 Å². The summed E-state index contributed by atoms with van der Waals surface area (Å²) < 4.78 is 27.7. The molecule has 1 aromatic carbocycles. The third-order valence-electron chi connectivity index (χ3n) is 3.84. The molecule has 1 saturated heterocycles. The first-order valence-corrected chi connectivity index (χ1v) is 9.42. The number of hydrogen-bond acceptors (Lipinski definition) is 7. The minimum absolute atomic E-state index is 0.134. The predicted octanol–water partition coefficient (Wildman–Crippen LogP) is 2.70. The van der Waals surface area contributed by atoms with Crippen molar-refractivity contribution in [3.8, 4) is 0 Å². The number of nitrogens with zero attached hydrogens (tertiary/aromatic N) is 3. The maximum Gasteiger partial charge on any atom is 0.412 e. The number of ether oxygens (including phenoxy) is 2. The van der Waals surface area contributed by atoms with Gasteiger partial charge < -0.3 is 19.7 Å². The van der Waals surface area contributed by atoms with Crippen LogP contribution in [0.3, 0.4) is 0 Å². The Morgan fingerprint density at radius 2 is 2.32 bits per heavy atom. The highest BCUT2D eigenvalue weighted by atomic mass is 32.1. The van der Waals surface area contributed by atoms with Crippen molar-refractivity contribution in [3.63, 3.8) is 0 Å². The number of urea groups is 1. The molecule has 0 spiro atoms. The molecular weight excluding hydrogens is 389 g/mol. The van der Waals surface area contributed by atoms with Gasteiger partial charge >= 0.3 is 12.1 Å². The zero-order valence-electron chi connectivity index (χ0n) is 15.2. The number of rotatable bonds is 6. The van der Waals surface area contributed by atoms with Gasteiger partial charge in [0.05, 0.1) is 13.2 Å². The SMILES string of the molecule is CN(Cc1nsc(NC(=O)NCc2cccc(F)c2)n1)C(=O)O[C@@H]1CCCO1. The normalized spacial score (nSPS) is 15.9. The minimum Gasteiger partial charge on any atom is -0.419 e. The second kappa shape index (κ2) is 9.42. The monoisotopic (exact) mass is 409 g/mol. The van der Waals surface area contributed by atoms with Crippen molar-refractivity contribution in [3.05, 3.63) is 41.5 Å². The van der Waals surface area contributed by atoms with Gasteiger partial charge in [-0.25, -0.2) is 19.0 Å². The fourth-order valence-electron chi connectivity index (χ4n) is 2.46. The number of halogens is 1. The molecule has 1 aromatic heterocycles. The molecule has 0 bridgehead atoms. The van der Waals surface area contributed by atoms with Gasteiger partial charge in [-0.1, -0.05) is 12.1 Å². The Hall–Kier alpha value is -2.79. The number of anilines is 1. The van der Waals surface area contributed by atoms with Gasteiger partial charge in [-0.15, -0.1) is 0 Å². The molecule has 1 aliphatic rings. The summed E-state index contributed by atoms with van der Waals surface area (Å²) >= 11 is 0.992. The molecule has 0 aliphatic carbocycles. The zero-order chi connectivity index (χ0) is 19.9. The van der Waals surface area contributed by atoms with Crippen molar-refractivity contribution in [1.29, 1.82) is 0 Å². The lowest BCUT2D eigenvalue weighted by atomic mass is 10.2. The van der Waals surface area contributed by atoms with E-state index in [1.807, 2.05) is 0 Å². The van der Waals surface area contributed by atoms with Gasteiger partial charge in [0.1, 0.15) is 5.82 Å². The lowest BCUT2D eigenvalue weighted by Gasteiger charge is -2.18. The van der Waals surface area contributed by atoms with Gasteiger partial charge in [0, 0.05) is 31.5 Å². The molecule has 0 radical (unpaired) electrons. The Bertz CT molecular complexity index is 827. The van der Waals surface area contributed by atoms with Crippen molar-refractivity contribution in [2.75, 3.05) is 19.0 Å². The summed E-state index contributed by atoms with van der Waals surface area (Å²) in [6.07, 6.45) is 0.528. The average molecular weight is 409 g/mol. The molecule has 2 aromatic rings. The quantitative estimate of drug-likeness (QED) is 0.760. The third-order valence-corrected chi connectivity index (χ3v) is 4.51. The van der Waals surface area contributed by atoms with Gasteiger partial charge in [0.25, 0.3) is 0 Å². The van der Waals surface area contributed by atoms with Crippen LogP contribution in [0, 0.1) is 5.82 Å². The average Bonchev–Trinajstić information content (AvgIpc) is 3.32. The summed E-state index contributed by atoms with van der Waals surface area (Å²) in [6.45, 7) is 0.896. The van der Waals surface area contributed by atoms with Crippen LogP contribution in [-0.4, -0.2) is 46.3 Å². The van der Waals surface area contributed by atoms with E-state index in [9.17, 15) is 14.0 Å². The molecule has 0 saturated carbocycles. The Balaban J connectivity index is 1.44. The van der Waals surface area contributed by atoms with Crippen LogP contribution in [-0.2, 0) is 22.6 Å². The van der Waals surface area contributed by atoms with E-state index in [4.69, 9.17) is 9.47 Å². The number of carbonyl (C=O) groups is 2. The van der Waals surface area contributed by atoms with E-state index < -0.39 is 18.4 Å². The summed E-state index contributed by atoms with van der Waals surface area (Å²) in [5.41, 5.74) is 0.638. The second-order valence-corrected chi connectivity index (χ2v) is 6.89. The van der Waals surface area contributed by atoms with Crippen LogP contribution in [0.15, 0.2) is 24.3 Å². The minimum atomic E-state index is -0.524. The molecule has 11 heteroatoms. The van der Waals surface area contributed by atoms with Crippen molar-refractivity contribution in [2.45, 2.75) is 32.2 Å². The van der Waals surface area contributed by atoms with Gasteiger partial charge in [-0.3, -0.25) is 5.32 Å². The third kappa shape index (κ3) is 5.86. The van der Waals surface area contributed by atoms with Crippen LogP contribution >= 0.6 is 11.5 Å². The number of amides is 3. The van der Waals surface area contributed by atoms with E-state index in [1.165, 1.54) is 17.0 Å². The topological polar surface area (TPSA) is 106 Å². The lowest BCUT2D eigenvalue weighted by molar-refractivity contribution is -0.0771. The highest BCUT2D eigenvalue weighted by Crippen LogP contribution is 2.16. The molecule has 3 rings (SSSR count). The number of hydrogen-bond donors (Lipinski definition) is 2. The van der Waals surface area contributed by atoms with E-state index in [0.29, 0.717) is 24.4 Å². The van der Waals surface area contributed by atoms with E-state index in [-0.39, 0.29) is 24.0 Å². The summed E-state index contributed by atoms with van der Waals surface area (Å²) in [4.78, 5) is 29.4. The van der Waals surface area contributed by atoms with Crippen molar-refractivity contribution in [1.82, 2.24) is 19.6 Å². The molecule has 1 fully saturated rings. The lowest BCUT2D eigenvalue weighted by Crippen LogP contribution is -2.31. The molecule has 1 atom stereocenters. The Morgan fingerprint density at radius 3 is 3.07 bits per heavy atom. The Labute approximate surface area is 165 Å². The number of carbonyl (C=O) groups excluding carboxylic acids is 2. The van der Waals surface area contributed by atoms with Gasteiger partial charge in [-0.2, -0.15) is 4.37 Å². The Morgan fingerprint density at radius 1 is 1.46 bits per heavy atom. The van der Waals surface area contributed by atoms with E-state index in [1.54, 1.807) is 19.2 Å². The van der Waals surface area contributed by atoms with Crippen LogP contribution in [0.25, 0.3) is 0 Å². The van der Waals surface area contributed by atoms with Crippen LogP contribution in [0.5, 0.6) is 0 Å². The molecular formula is C17H20FN5O4S. The van der Waals surface area contributed by atoms with Crippen molar-refractivity contribution in [2.24, 2.45) is 0 Å². The fraction of sp³-hybridized carbons (Fsp3) is 0.412. The summed E-state index contributed by atoms with van der Waals surface area (Å²) in [5, 5.41) is 5.45. The van der Waals surface area contributed by atoms with E-state index in [2.05, 4.69) is 20.0 Å². The highest BCUT2D eigenvalue weighted by molar-refractivity contribution is 7.09. The number of nitrogens with one attached hydrogen (secondary N) is 2. The smallest absolute Gasteiger partial charge is 0.412 e. The molecule has 3 amide bonds. The van der Waals surface area contributed by atoms with Gasteiger partial charge in [-0.05, 0) is 24.1 Å². The van der Waals surface area contributed by atoms with Crippen molar-refractivity contribution >= 4 is 28.8 Å². The first-order chi connectivity index (χ1) is 13.5. The first-order valence-electron chi connectivity index (χ1n) is 8.65. The molecule has 2 N–H and O–H groups in total. The van der Waals surface area contributed by atoms with Crippen LogP contribution in [0.2, 0.25) is 0 Å². The Kier molecular flexibility index (Phi) is 6.71. The van der Waals surface area contributed by atoms with Crippen LogP contribution in [0.1, 0.15) is 24.2 Å². The van der Waals surface area contributed by atoms with E-state index >= 15 is 0 Å². The largest absolute Gasteiger partial charge is 0.419 e. The van der Waals surface area contributed by atoms with Crippen molar-refractivity contribution < 1.29 is 23.5 Å². The first kappa shape index (κ1) is 20.0. The predicted molar refractivity (Wildman–Crippen MR) is 99.1 cm³/mol. The van der Waals surface area contributed by atoms with Crippen LogP contribution in [0.4, 0.5) is 19.1 Å². The molecule has 0 unspecified atom stereocenters. The van der Waals surface area contributed by atoms with E-state index in [0.717, 1.165) is 18.0 Å². The fourth-order valence-corrected chi connectivity index (χ4v) is 3.03.